The third kappa shape index (κ3) is 6.55. The molecule has 0 bridgehead atoms. The summed E-state index contributed by atoms with van der Waals surface area (Å²) < 4.78 is 5.04. The number of aliphatic carboxylic acids is 1. The van der Waals surface area contributed by atoms with Crippen LogP contribution < -0.4 is 10.1 Å². The minimum absolute atomic E-state index is 0.0272. The lowest BCUT2D eigenvalue weighted by Gasteiger charge is -2.17. The Morgan fingerprint density at radius 2 is 2.00 bits per heavy atom. The molecular formula is C14H18N2O6S. The highest BCUT2D eigenvalue weighted by molar-refractivity contribution is 7.99. The first-order valence-electron chi connectivity index (χ1n) is 6.70. The minimum atomic E-state index is -1.18. The number of hydrogen-bond acceptors (Lipinski definition) is 6. The fourth-order valence-corrected chi connectivity index (χ4v) is 3.07. The predicted molar refractivity (Wildman–Crippen MR) is 85.3 cm³/mol. The summed E-state index contributed by atoms with van der Waals surface area (Å²) in [6.07, 6.45) is 0. The second kappa shape index (κ2) is 8.99. The van der Waals surface area contributed by atoms with Gasteiger partial charge in [-0.3, -0.25) is 14.9 Å². The summed E-state index contributed by atoms with van der Waals surface area (Å²) in [4.78, 5) is 32.5. The molecular weight excluding hydrogens is 324 g/mol. The molecule has 1 aromatic rings. The fraction of sp³-hybridized carbons (Fsp3) is 0.429. The number of ether oxygens (including phenoxy) is 1. The van der Waals surface area contributed by atoms with Gasteiger partial charge in [0.25, 0.3) is 0 Å². The number of carbonyl (C=O) groups excluding carboxylic acids is 1. The van der Waals surface area contributed by atoms with Gasteiger partial charge in [-0.25, -0.2) is 4.79 Å². The molecule has 0 radical (unpaired) electrons. The van der Waals surface area contributed by atoms with Crippen LogP contribution in [0.5, 0.6) is 5.75 Å². The molecule has 0 saturated carbocycles. The van der Waals surface area contributed by atoms with E-state index in [-0.39, 0.29) is 12.3 Å². The van der Waals surface area contributed by atoms with E-state index in [0.29, 0.717) is 11.3 Å². The van der Waals surface area contributed by atoms with Gasteiger partial charge in [0.15, 0.2) is 0 Å². The molecule has 1 aromatic carbocycles. The predicted octanol–water partition coefficient (Wildman–Crippen LogP) is 1.34. The molecule has 8 nitrogen and oxygen atoms in total. The lowest BCUT2D eigenvalue weighted by Crippen LogP contribution is -2.41. The molecule has 23 heavy (non-hydrogen) atoms. The van der Waals surface area contributed by atoms with Crippen LogP contribution >= 0.6 is 11.8 Å². The monoisotopic (exact) mass is 342 g/mol. The van der Waals surface area contributed by atoms with Crippen LogP contribution in [0.25, 0.3) is 0 Å². The van der Waals surface area contributed by atoms with Gasteiger partial charge in [0.1, 0.15) is 11.8 Å². The fourth-order valence-electron chi connectivity index (χ4n) is 1.84. The summed E-state index contributed by atoms with van der Waals surface area (Å²) in [5, 5.41) is 21.7. The maximum atomic E-state index is 11.1. The second-order valence-electron chi connectivity index (χ2n) is 4.70. The van der Waals surface area contributed by atoms with Gasteiger partial charge in [-0.1, -0.05) is 12.1 Å². The Hall–Kier alpha value is -2.29. The average molecular weight is 342 g/mol. The summed E-state index contributed by atoms with van der Waals surface area (Å²) >= 11 is 1.12. The molecule has 0 aliphatic heterocycles. The van der Waals surface area contributed by atoms with Crippen molar-refractivity contribution >= 4 is 23.6 Å². The molecule has 0 fully saturated rings. The van der Waals surface area contributed by atoms with Gasteiger partial charge in [-0.05, 0) is 17.7 Å². The molecule has 2 atom stereocenters. The first kappa shape index (κ1) is 18.8. The Bertz CT molecular complexity index is 563. The smallest absolute Gasteiger partial charge is 0.327 e. The van der Waals surface area contributed by atoms with Gasteiger partial charge in [0, 0.05) is 17.6 Å². The van der Waals surface area contributed by atoms with Crippen LogP contribution in [0.4, 0.5) is 0 Å². The number of thioether (sulfide) groups is 1. The first-order chi connectivity index (χ1) is 10.8. The Kier molecular flexibility index (Phi) is 7.33. The van der Waals surface area contributed by atoms with E-state index in [1.165, 1.54) is 14.0 Å². The summed E-state index contributed by atoms with van der Waals surface area (Å²) in [6.45, 7) is 0.877. The molecule has 0 aliphatic rings. The minimum Gasteiger partial charge on any atom is -0.497 e. The topological polar surface area (TPSA) is 119 Å². The van der Waals surface area contributed by atoms with Gasteiger partial charge >= 0.3 is 5.97 Å². The molecule has 1 amide bonds. The molecule has 0 saturated heterocycles. The molecule has 9 heteroatoms. The number of carbonyl (C=O) groups is 2. The maximum Gasteiger partial charge on any atom is 0.327 e. The third-order valence-electron chi connectivity index (χ3n) is 2.94. The number of rotatable bonds is 9. The van der Waals surface area contributed by atoms with Crippen molar-refractivity contribution in [2.45, 2.75) is 18.2 Å². The molecule has 0 aliphatic carbocycles. The largest absolute Gasteiger partial charge is 0.497 e. The van der Waals surface area contributed by atoms with Gasteiger partial charge in [-0.15, -0.1) is 11.8 Å². The van der Waals surface area contributed by atoms with E-state index >= 15 is 0 Å². The van der Waals surface area contributed by atoms with Crippen LogP contribution in [0.2, 0.25) is 0 Å². The number of nitrogens with one attached hydrogen (secondary N) is 1. The molecule has 126 valence electrons. The van der Waals surface area contributed by atoms with Crippen molar-refractivity contribution in [2.75, 3.05) is 19.4 Å². The lowest BCUT2D eigenvalue weighted by molar-refractivity contribution is -0.479. The van der Waals surface area contributed by atoms with Crippen molar-refractivity contribution < 1.29 is 24.4 Å². The summed E-state index contributed by atoms with van der Waals surface area (Å²) in [5.41, 5.74) is 0.694. The van der Waals surface area contributed by atoms with E-state index < -0.39 is 28.1 Å². The number of amides is 1. The Labute approximate surface area is 137 Å². The number of hydrogen-bond donors (Lipinski definition) is 2. The van der Waals surface area contributed by atoms with Crippen molar-refractivity contribution in [2.24, 2.45) is 0 Å². The third-order valence-corrected chi connectivity index (χ3v) is 4.29. The summed E-state index contributed by atoms with van der Waals surface area (Å²) in [7, 11) is 1.52. The molecule has 0 spiro atoms. The zero-order valence-electron chi connectivity index (χ0n) is 12.7. The van der Waals surface area contributed by atoms with E-state index in [9.17, 15) is 19.7 Å². The lowest BCUT2D eigenvalue weighted by atomic mass is 10.1. The molecule has 2 unspecified atom stereocenters. The highest BCUT2D eigenvalue weighted by Gasteiger charge is 2.24. The van der Waals surface area contributed by atoms with Gasteiger partial charge in [-0.2, -0.15) is 0 Å². The summed E-state index contributed by atoms with van der Waals surface area (Å²) in [6, 6.07) is 5.68. The summed E-state index contributed by atoms with van der Waals surface area (Å²) in [5.74, 6) is -0.991. The molecule has 0 heterocycles. The first-order valence-corrected chi connectivity index (χ1v) is 7.75. The van der Waals surface area contributed by atoms with Crippen molar-refractivity contribution in [3.8, 4) is 5.75 Å². The van der Waals surface area contributed by atoms with Gasteiger partial charge in [0.05, 0.1) is 12.4 Å². The highest BCUT2D eigenvalue weighted by Crippen LogP contribution is 2.30. The highest BCUT2D eigenvalue weighted by atomic mass is 32.2. The van der Waals surface area contributed by atoms with Crippen LogP contribution in [-0.2, 0) is 9.59 Å². The zero-order valence-corrected chi connectivity index (χ0v) is 13.5. The SMILES string of the molecule is COc1ccc(C(C[N+](=O)[O-])SCC(NC(C)=O)C(=O)O)cc1. The average Bonchev–Trinajstić information content (AvgIpc) is 2.49. The Morgan fingerprint density at radius 1 is 1.39 bits per heavy atom. The van der Waals surface area contributed by atoms with Crippen LogP contribution in [0.3, 0.4) is 0 Å². The van der Waals surface area contributed by atoms with Crippen molar-refractivity contribution in [1.82, 2.24) is 5.32 Å². The normalized spacial score (nSPS) is 13.0. The molecule has 1 rings (SSSR count). The Morgan fingerprint density at radius 3 is 2.43 bits per heavy atom. The molecule has 2 N–H and O–H groups in total. The standard InChI is InChI=1S/C14H18N2O6S/c1-9(17)15-12(14(18)19)8-23-13(7-16(20)21)10-3-5-11(22-2)6-4-10/h3-6,12-13H,7-8H2,1-2H3,(H,15,17)(H,18,19). The maximum absolute atomic E-state index is 11.1. The van der Waals surface area contributed by atoms with E-state index in [2.05, 4.69) is 5.32 Å². The van der Waals surface area contributed by atoms with Crippen LogP contribution in [0, 0.1) is 10.1 Å². The number of nitro groups is 1. The number of carboxylic acid groups (broad SMARTS) is 1. The van der Waals surface area contributed by atoms with Crippen molar-refractivity contribution in [1.29, 1.82) is 0 Å². The Balaban J connectivity index is 2.82. The number of nitrogens with zero attached hydrogens (tertiary/aromatic N) is 1. The molecule has 0 aromatic heterocycles. The van der Waals surface area contributed by atoms with E-state index in [0.717, 1.165) is 11.8 Å². The number of carboxylic acids is 1. The van der Waals surface area contributed by atoms with E-state index in [1.54, 1.807) is 24.3 Å². The van der Waals surface area contributed by atoms with Gasteiger partial charge in [0.2, 0.25) is 12.5 Å². The number of methoxy groups -OCH3 is 1. The number of benzene rings is 1. The van der Waals surface area contributed by atoms with Crippen LogP contribution in [-0.4, -0.2) is 47.4 Å². The van der Waals surface area contributed by atoms with Crippen molar-refractivity contribution in [3.63, 3.8) is 0 Å². The van der Waals surface area contributed by atoms with Crippen LogP contribution in [0.15, 0.2) is 24.3 Å². The van der Waals surface area contributed by atoms with E-state index in [1.807, 2.05) is 0 Å². The van der Waals surface area contributed by atoms with E-state index in [4.69, 9.17) is 9.84 Å². The van der Waals surface area contributed by atoms with Crippen LogP contribution in [0.1, 0.15) is 17.7 Å². The van der Waals surface area contributed by atoms with Crippen molar-refractivity contribution in [3.05, 3.63) is 39.9 Å². The van der Waals surface area contributed by atoms with Gasteiger partial charge < -0.3 is 15.2 Å². The quantitative estimate of drug-likeness (QED) is 0.513. The second-order valence-corrected chi connectivity index (χ2v) is 5.94. The zero-order chi connectivity index (χ0) is 17.4.